The lowest BCUT2D eigenvalue weighted by molar-refractivity contribution is -0.173. The zero-order valence-electron chi connectivity index (χ0n) is 14.2. The van der Waals surface area contributed by atoms with E-state index >= 15 is 0 Å². The van der Waals surface area contributed by atoms with Crippen molar-refractivity contribution in [2.45, 2.75) is 37.6 Å². The molecule has 0 amide bonds. The van der Waals surface area contributed by atoms with E-state index in [1.165, 1.54) is 7.11 Å². The van der Waals surface area contributed by atoms with Gasteiger partial charge in [0.15, 0.2) is 6.29 Å². The third-order valence-electron chi connectivity index (χ3n) is 3.85. The first kappa shape index (κ1) is 18.6. The number of methoxy groups -OCH3 is 3. The van der Waals surface area contributed by atoms with E-state index in [-0.39, 0.29) is 30.7 Å². The molecule has 2 rings (SSSR count). The van der Waals surface area contributed by atoms with Crippen molar-refractivity contribution in [3.05, 3.63) is 48.0 Å². The molecule has 6 heteroatoms. The standard InChI is InChI=1S/C18H24O6/c1-20-15(19)11-7-10-14-16(21-2)17(22-3)18(24-14)23-12-13-8-5-4-6-9-13/h4-10,14,16-18H,11-12H2,1-3H3/b10-7-/t14-,16-,17?,18+/m1/s1. The van der Waals surface area contributed by atoms with E-state index < -0.39 is 6.29 Å². The van der Waals surface area contributed by atoms with Gasteiger partial charge in [-0.3, -0.25) is 4.79 Å². The summed E-state index contributed by atoms with van der Waals surface area (Å²) in [6.45, 7) is 0.417. The second-order valence-electron chi connectivity index (χ2n) is 5.37. The van der Waals surface area contributed by atoms with Gasteiger partial charge in [0.2, 0.25) is 0 Å². The fourth-order valence-corrected chi connectivity index (χ4v) is 2.59. The lowest BCUT2D eigenvalue weighted by Gasteiger charge is -2.20. The number of carbonyl (C=O) groups excluding carboxylic acids is 1. The zero-order valence-corrected chi connectivity index (χ0v) is 14.2. The molecular weight excluding hydrogens is 312 g/mol. The topological polar surface area (TPSA) is 63.2 Å². The van der Waals surface area contributed by atoms with Crippen LogP contribution in [0.15, 0.2) is 42.5 Å². The Hall–Kier alpha value is -1.73. The minimum Gasteiger partial charge on any atom is -0.469 e. The first-order valence-corrected chi connectivity index (χ1v) is 7.79. The van der Waals surface area contributed by atoms with Crippen LogP contribution in [0.25, 0.3) is 0 Å². The molecule has 1 aliphatic rings. The molecule has 1 aromatic rings. The Labute approximate surface area is 142 Å². The van der Waals surface area contributed by atoms with Gasteiger partial charge in [-0.05, 0) is 5.56 Å². The summed E-state index contributed by atoms with van der Waals surface area (Å²) in [7, 11) is 4.55. The molecule has 0 radical (unpaired) electrons. The van der Waals surface area contributed by atoms with Crippen molar-refractivity contribution in [1.82, 2.24) is 0 Å². The molecule has 0 aromatic heterocycles. The molecule has 1 unspecified atom stereocenters. The summed E-state index contributed by atoms with van der Waals surface area (Å²) in [4.78, 5) is 11.2. The predicted molar refractivity (Wildman–Crippen MR) is 87.3 cm³/mol. The van der Waals surface area contributed by atoms with Crippen LogP contribution < -0.4 is 0 Å². The van der Waals surface area contributed by atoms with Crippen LogP contribution in [0.1, 0.15) is 12.0 Å². The van der Waals surface area contributed by atoms with Crippen molar-refractivity contribution in [2.24, 2.45) is 0 Å². The molecule has 0 bridgehead atoms. The molecule has 1 saturated heterocycles. The fourth-order valence-electron chi connectivity index (χ4n) is 2.59. The predicted octanol–water partition coefficient (Wildman–Crippen LogP) is 2.08. The summed E-state index contributed by atoms with van der Waals surface area (Å²) in [6, 6.07) is 9.84. The Balaban J connectivity index is 1.97. The number of hydrogen-bond donors (Lipinski definition) is 0. The normalized spacial score (nSPS) is 26.8. The number of benzene rings is 1. The molecule has 24 heavy (non-hydrogen) atoms. The number of ether oxygens (including phenoxy) is 5. The number of carbonyl (C=O) groups is 1. The Kier molecular flexibility index (Phi) is 7.39. The van der Waals surface area contributed by atoms with Crippen LogP contribution in [0.5, 0.6) is 0 Å². The van der Waals surface area contributed by atoms with E-state index in [1.807, 2.05) is 30.3 Å². The number of hydrogen-bond acceptors (Lipinski definition) is 6. The van der Waals surface area contributed by atoms with E-state index in [9.17, 15) is 4.79 Å². The van der Waals surface area contributed by atoms with Gasteiger partial charge in [-0.2, -0.15) is 0 Å². The summed E-state index contributed by atoms with van der Waals surface area (Å²) in [5, 5.41) is 0. The third-order valence-corrected chi connectivity index (χ3v) is 3.85. The first-order chi connectivity index (χ1) is 11.7. The van der Waals surface area contributed by atoms with E-state index in [0.29, 0.717) is 6.61 Å². The Morgan fingerprint density at radius 3 is 2.46 bits per heavy atom. The molecule has 0 spiro atoms. The maximum atomic E-state index is 11.2. The molecule has 6 nitrogen and oxygen atoms in total. The first-order valence-electron chi connectivity index (χ1n) is 7.79. The van der Waals surface area contributed by atoms with Gasteiger partial charge in [-0.15, -0.1) is 0 Å². The summed E-state index contributed by atoms with van der Waals surface area (Å²) in [5.41, 5.74) is 1.05. The van der Waals surface area contributed by atoms with Crippen molar-refractivity contribution < 1.29 is 28.5 Å². The molecule has 1 aliphatic heterocycles. The van der Waals surface area contributed by atoms with Gasteiger partial charge in [0.05, 0.1) is 20.1 Å². The Bertz CT molecular complexity index is 530. The molecule has 0 N–H and O–H groups in total. The molecule has 4 atom stereocenters. The number of esters is 1. The van der Waals surface area contributed by atoms with Crippen molar-refractivity contribution in [3.8, 4) is 0 Å². The van der Waals surface area contributed by atoms with Crippen LogP contribution in [-0.4, -0.2) is 51.9 Å². The Morgan fingerprint density at radius 1 is 1.12 bits per heavy atom. The Morgan fingerprint density at radius 2 is 1.83 bits per heavy atom. The average molecular weight is 336 g/mol. The highest BCUT2D eigenvalue weighted by atomic mass is 16.7. The highest BCUT2D eigenvalue weighted by molar-refractivity contribution is 5.70. The average Bonchev–Trinajstić information content (AvgIpc) is 2.97. The van der Waals surface area contributed by atoms with E-state index in [1.54, 1.807) is 26.4 Å². The lowest BCUT2D eigenvalue weighted by atomic mass is 10.1. The zero-order chi connectivity index (χ0) is 17.4. The van der Waals surface area contributed by atoms with Crippen LogP contribution in [0.4, 0.5) is 0 Å². The molecule has 0 aliphatic carbocycles. The van der Waals surface area contributed by atoms with Gasteiger partial charge in [0.1, 0.15) is 18.3 Å². The molecule has 1 heterocycles. The van der Waals surface area contributed by atoms with E-state index in [2.05, 4.69) is 4.74 Å². The van der Waals surface area contributed by atoms with Crippen LogP contribution >= 0.6 is 0 Å². The second-order valence-corrected chi connectivity index (χ2v) is 5.37. The van der Waals surface area contributed by atoms with Gasteiger partial charge in [0, 0.05) is 14.2 Å². The summed E-state index contributed by atoms with van der Waals surface area (Å²) >= 11 is 0. The minimum atomic E-state index is -0.548. The minimum absolute atomic E-state index is 0.181. The molecular formula is C18H24O6. The van der Waals surface area contributed by atoms with Crippen LogP contribution in [-0.2, 0) is 35.1 Å². The van der Waals surface area contributed by atoms with Crippen molar-refractivity contribution >= 4 is 5.97 Å². The molecule has 0 saturated carbocycles. The van der Waals surface area contributed by atoms with Gasteiger partial charge >= 0.3 is 5.97 Å². The quantitative estimate of drug-likeness (QED) is 0.535. The maximum Gasteiger partial charge on any atom is 0.309 e. The van der Waals surface area contributed by atoms with Gasteiger partial charge in [-0.1, -0.05) is 42.5 Å². The summed E-state index contributed by atoms with van der Waals surface area (Å²) in [6.07, 6.45) is 2.09. The SMILES string of the molecule is COC(=O)C/C=C\[C@H]1O[C@H](OCc2ccccc2)C(OC)[C@@H]1OC. The van der Waals surface area contributed by atoms with Gasteiger partial charge in [-0.25, -0.2) is 0 Å². The lowest BCUT2D eigenvalue weighted by Crippen LogP contribution is -2.36. The monoisotopic (exact) mass is 336 g/mol. The summed E-state index contributed by atoms with van der Waals surface area (Å²) < 4.78 is 27.3. The number of rotatable bonds is 8. The largest absolute Gasteiger partial charge is 0.469 e. The van der Waals surface area contributed by atoms with Crippen molar-refractivity contribution in [3.63, 3.8) is 0 Å². The van der Waals surface area contributed by atoms with E-state index in [0.717, 1.165) is 5.56 Å². The molecule has 1 aromatic carbocycles. The highest BCUT2D eigenvalue weighted by Crippen LogP contribution is 2.28. The van der Waals surface area contributed by atoms with Crippen LogP contribution in [0.3, 0.4) is 0 Å². The van der Waals surface area contributed by atoms with Gasteiger partial charge < -0.3 is 23.7 Å². The second kappa shape index (κ2) is 9.54. The van der Waals surface area contributed by atoms with Crippen LogP contribution in [0, 0.1) is 0 Å². The van der Waals surface area contributed by atoms with Gasteiger partial charge in [0.25, 0.3) is 0 Å². The van der Waals surface area contributed by atoms with Crippen molar-refractivity contribution in [1.29, 1.82) is 0 Å². The highest BCUT2D eigenvalue weighted by Gasteiger charge is 2.44. The smallest absolute Gasteiger partial charge is 0.309 e. The third kappa shape index (κ3) is 4.88. The fraction of sp³-hybridized carbons (Fsp3) is 0.500. The van der Waals surface area contributed by atoms with Crippen molar-refractivity contribution in [2.75, 3.05) is 21.3 Å². The molecule has 132 valence electrons. The van der Waals surface area contributed by atoms with E-state index in [4.69, 9.17) is 18.9 Å². The molecule has 1 fully saturated rings. The summed E-state index contributed by atoms with van der Waals surface area (Å²) in [5.74, 6) is -0.307. The van der Waals surface area contributed by atoms with Crippen LogP contribution in [0.2, 0.25) is 0 Å². The maximum absolute atomic E-state index is 11.2.